The molecule has 0 fully saturated rings. The molecule has 0 unspecified atom stereocenters. The highest BCUT2D eigenvalue weighted by molar-refractivity contribution is 6.31. The van der Waals surface area contributed by atoms with Crippen molar-refractivity contribution >= 4 is 23.3 Å². The normalized spacial score (nSPS) is 9.52. The van der Waals surface area contributed by atoms with Crippen LogP contribution in [0, 0.1) is 17.7 Å². The average molecular weight is 333 g/mol. The molecule has 4 nitrogen and oxygen atoms in total. The number of rotatable bonds is 3. The lowest BCUT2D eigenvalue weighted by Crippen LogP contribution is -2.29. The van der Waals surface area contributed by atoms with Gasteiger partial charge in [0.25, 0.3) is 0 Å². The second kappa shape index (κ2) is 8.06. The smallest absolute Gasteiger partial charge is 0.320 e. The minimum atomic E-state index is -0.464. The standard InChI is InChI=1S/C17H14ClFN2O2/c1-23-16-9-8-13(18)11-15(16)21-17(22)20-10-4-6-12-5-2-3-7-14(12)19/h2-3,5,7-9,11H,10H2,1H3,(H2,20,21,22). The van der Waals surface area contributed by atoms with E-state index in [9.17, 15) is 9.18 Å². The minimum absolute atomic E-state index is 0.0725. The van der Waals surface area contributed by atoms with E-state index in [0.29, 0.717) is 16.5 Å². The largest absolute Gasteiger partial charge is 0.495 e. The lowest BCUT2D eigenvalue weighted by molar-refractivity contribution is 0.253. The van der Waals surface area contributed by atoms with Gasteiger partial charge in [-0.3, -0.25) is 0 Å². The van der Waals surface area contributed by atoms with Gasteiger partial charge in [-0.15, -0.1) is 0 Å². The zero-order valence-electron chi connectivity index (χ0n) is 12.3. The first kappa shape index (κ1) is 16.7. The van der Waals surface area contributed by atoms with Crippen LogP contribution >= 0.6 is 11.6 Å². The SMILES string of the molecule is COc1ccc(Cl)cc1NC(=O)NCC#Cc1ccccc1F. The van der Waals surface area contributed by atoms with Crippen molar-refractivity contribution in [1.82, 2.24) is 5.32 Å². The molecule has 0 aliphatic carbocycles. The molecule has 0 bridgehead atoms. The molecule has 0 atom stereocenters. The number of carbonyl (C=O) groups excluding carboxylic acids is 1. The number of urea groups is 1. The van der Waals surface area contributed by atoms with E-state index in [0.717, 1.165) is 0 Å². The number of amides is 2. The predicted molar refractivity (Wildman–Crippen MR) is 88.3 cm³/mol. The first-order valence-electron chi connectivity index (χ1n) is 6.72. The predicted octanol–water partition coefficient (Wildman–Crippen LogP) is 3.66. The van der Waals surface area contributed by atoms with Crippen LogP contribution in [0.5, 0.6) is 5.75 Å². The van der Waals surface area contributed by atoms with E-state index in [-0.39, 0.29) is 12.1 Å². The van der Waals surface area contributed by atoms with E-state index in [2.05, 4.69) is 22.5 Å². The molecule has 0 radical (unpaired) electrons. The van der Waals surface area contributed by atoms with Crippen LogP contribution in [0.2, 0.25) is 5.02 Å². The number of ether oxygens (including phenoxy) is 1. The summed E-state index contributed by atoms with van der Waals surface area (Å²) in [5, 5.41) is 5.63. The van der Waals surface area contributed by atoms with Gasteiger partial charge in [0, 0.05) is 5.02 Å². The Bertz CT molecular complexity index is 769. The van der Waals surface area contributed by atoms with Crippen LogP contribution in [0.15, 0.2) is 42.5 Å². The Balaban J connectivity index is 1.92. The van der Waals surface area contributed by atoms with Crippen LogP contribution in [-0.2, 0) is 0 Å². The Morgan fingerprint density at radius 1 is 1.30 bits per heavy atom. The molecule has 2 aromatic carbocycles. The second-order valence-electron chi connectivity index (χ2n) is 4.43. The summed E-state index contributed by atoms with van der Waals surface area (Å²) in [6.07, 6.45) is 0. The van der Waals surface area contributed by atoms with Crippen LogP contribution < -0.4 is 15.4 Å². The zero-order valence-corrected chi connectivity index (χ0v) is 13.1. The Labute approximate surface area is 138 Å². The monoisotopic (exact) mass is 332 g/mol. The lowest BCUT2D eigenvalue weighted by Gasteiger charge is -2.10. The van der Waals surface area contributed by atoms with Crippen LogP contribution in [0.3, 0.4) is 0 Å². The molecule has 0 heterocycles. The molecule has 6 heteroatoms. The highest BCUT2D eigenvalue weighted by Crippen LogP contribution is 2.27. The van der Waals surface area contributed by atoms with Crippen molar-refractivity contribution in [1.29, 1.82) is 0 Å². The topological polar surface area (TPSA) is 50.4 Å². The van der Waals surface area contributed by atoms with Gasteiger partial charge in [0.15, 0.2) is 0 Å². The fourth-order valence-corrected chi connectivity index (χ4v) is 1.94. The summed E-state index contributed by atoms with van der Waals surface area (Å²) in [4.78, 5) is 11.8. The van der Waals surface area contributed by atoms with Gasteiger partial charge in [-0.05, 0) is 30.3 Å². The summed E-state index contributed by atoms with van der Waals surface area (Å²) in [5.41, 5.74) is 0.728. The number of anilines is 1. The molecular formula is C17H14ClFN2O2. The molecule has 2 rings (SSSR count). The summed E-state index contributed by atoms with van der Waals surface area (Å²) in [6, 6.07) is 10.6. The molecule has 2 N–H and O–H groups in total. The summed E-state index contributed by atoms with van der Waals surface area (Å²) < 4.78 is 18.5. The maximum absolute atomic E-state index is 13.4. The van der Waals surface area contributed by atoms with Crippen LogP contribution in [-0.4, -0.2) is 19.7 Å². The van der Waals surface area contributed by atoms with Crippen LogP contribution in [0.4, 0.5) is 14.9 Å². The van der Waals surface area contributed by atoms with E-state index in [1.165, 1.54) is 13.2 Å². The number of halogens is 2. The maximum atomic E-state index is 13.4. The van der Waals surface area contributed by atoms with E-state index in [1.807, 2.05) is 0 Å². The number of hydrogen-bond donors (Lipinski definition) is 2. The third kappa shape index (κ3) is 4.90. The first-order chi connectivity index (χ1) is 11.1. The molecule has 118 valence electrons. The van der Waals surface area contributed by atoms with E-state index >= 15 is 0 Å². The zero-order chi connectivity index (χ0) is 16.7. The average Bonchev–Trinajstić information content (AvgIpc) is 2.53. The molecule has 0 saturated carbocycles. The molecule has 0 aliphatic rings. The van der Waals surface area contributed by atoms with Crippen molar-refractivity contribution in [2.45, 2.75) is 0 Å². The number of hydrogen-bond acceptors (Lipinski definition) is 2. The molecule has 0 aliphatic heterocycles. The Morgan fingerprint density at radius 2 is 2.09 bits per heavy atom. The van der Waals surface area contributed by atoms with Crippen LogP contribution in [0.25, 0.3) is 0 Å². The minimum Gasteiger partial charge on any atom is -0.495 e. The maximum Gasteiger partial charge on any atom is 0.320 e. The van der Waals surface area contributed by atoms with Crippen molar-refractivity contribution in [3.63, 3.8) is 0 Å². The Kier molecular flexibility index (Phi) is 5.84. The molecule has 0 saturated heterocycles. The summed E-state index contributed by atoms with van der Waals surface area (Å²) in [7, 11) is 1.49. The Hall–Kier alpha value is -2.71. The van der Waals surface area contributed by atoms with Crippen molar-refractivity contribution in [2.75, 3.05) is 19.0 Å². The number of methoxy groups -OCH3 is 1. The lowest BCUT2D eigenvalue weighted by atomic mass is 10.2. The van der Waals surface area contributed by atoms with E-state index in [1.54, 1.807) is 36.4 Å². The quantitative estimate of drug-likeness (QED) is 0.843. The number of nitrogens with one attached hydrogen (secondary N) is 2. The summed E-state index contributed by atoms with van der Waals surface area (Å²) in [6.45, 7) is 0.0725. The van der Waals surface area contributed by atoms with Gasteiger partial charge in [0.2, 0.25) is 0 Å². The van der Waals surface area contributed by atoms with Gasteiger partial charge < -0.3 is 15.4 Å². The van der Waals surface area contributed by atoms with Crippen molar-refractivity contribution in [2.24, 2.45) is 0 Å². The van der Waals surface area contributed by atoms with Crippen molar-refractivity contribution in [3.05, 3.63) is 58.9 Å². The van der Waals surface area contributed by atoms with Gasteiger partial charge in [-0.1, -0.05) is 35.6 Å². The van der Waals surface area contributed by atoms with Gasteiger partial charge in [-0.2, -0.15) is 0 Å². The van der Waals surface area contributed by atoms with Crippen molar-refractivity contribution in [3.8, 4) is 17.6 Å². The van der Waals surface area contributed by atoms with Gasteiger partial charge in [-0.25, -0.2) is 9.18 Å². The molecule has 23 heavy (non-hydrogen) atoms. The fourth-order valence-electron chi connectivity index (χ4n) is 1.77. The molecular weight excluding hydrogens is 319 g/mol. The van der Waals surface area contributed by atoms with E-state index in [4.69, 9.17) is 16.3 Å². The Morgan fingerprint density at radius 3 is 2.83 bits per heavy atom. The molecule has 2 amide bonds. The van der Waals surface area contributed by atoms with Gasteiger partial charge in [0.05, 0.1) is 24.9 Å². The van der Waals surface area contributed by atoms with Gasteiger partial charge in [0.1, 0.15) is 11.6 Å². The van der Waals surface area contributed by atoms with Crippen LogP contribution in [0.1, 0.15) is 5.56 Å². The summed E-state index contributed by atoms with van der Waals surface area (Å²) >= 11 is 5.88. The molecule has 0 aromatic heterocycles. The van der Waals surface area contributed by atoms with Crippen molar-refractivity contribution < 1.29 is 13.9 Å². The van der Waals surface area contributed by atoms with E-state index < -0.39 is 11.8 Å². The third-order valence-corrected chi connectivity index (χ3v) is 3.08. The third-order valence-electron chi connectivity index (χ3n) is 2.84. The van der Waals surface area contributed by atoms with Gasteiger partial charge >= 0.3 is 6.03 Å². The molecule has 2 aromatic rings. The highest BCUT2D eigenvalue weighted by atomic mass is 35.5. The number of benzene rings is 2. The summed E-state index contributed by atoms with van der Waals surface area (Å²) in [5.74, 6) is 5.42. The highest BCUT2D eigenvalue weighted by Gasteiger charge is 2.07. The second-order valence-corrected chi connectivity index (χ2v) is 4.87. The first-order valence-corrected chi connectivity index (χ1v) is 7.09. The molecule has 0 spiro atoms. The number of carbonyl (C=O) groups is 1. The fraction of sp³-hybridized carbons (Fsp3) is 0.118.